The van der Waals surface area contributed by atoms with Crippen LogP contribution in [0.2, 0.25) is 0 Å². The van der Waals surface area contributed by atoms with Crippen molar-refractivity contribution in [3.05, 3.63) is 0 Å². The van der Waals surface area contributed by atoms with E-state index >= 15 is 0 Å². The number of amides is 2. The average molecular weight is 272 g/mol. The van der Waals surface area contributed by atoms with Crippen molar-refractivity contribution in [3.8, 4) is 0 Å². The first kappa shape index (κ1) is 17.9. The minimum atomic E-state index is -0.602. The molecule has 0 saturated heterocycles. The number of carbonyl (C=O) groups is 2. The molecule has 0 rings (SSSR count). The van der Waals surface area contributed by atoms with Crippen LogP contribution in [0.15, 0.2) is 0 Å². The van der Waals surface area contributed by atoms with E-state index in [-0.39, 0.29) is 18.4 Å². The highest BCUT2D eigenvalue weighted by Gasteiger charge is 2.19. The van der Waals surface area contributed by atoms with Gasteiger partial charge in [0.1, 0.15) is 0 Å². The molecule has 0 radical (unpaired) electrons. The lowest BCUT2D eigenvalue weighted by Crippen LogP contribution is -2.47. The van der Waals surface area contributed by atoms with Crippen LogP contribution >= 0.6 is 0 Å². The van der Waals surface area contributed by atoms with E-state index in [0.717, 1.165) is 19.6 Å². The lowest BCUT2D eigenvalue weighted by molar-refractivity contribution is -0.127. The molecule has 0 aromatic rings. The summed E-state index contributed by atoms with van der Waals surface area (Å²) in [6.45, 7) is 11.3. The van der Waals surface area contributed by atoms with Gasteiger partial charge in [-0.2, -0.15) is 0 Å². The number of carbonyl (C=O) groups excluding carboxylic acids is 2. The third kappa shape index (κ3) is 8.56. The number of hydrogen-bond donors (Lipinski definition) is 3. The maximum atomic E-state index is 11.6. The van der Waals surface area contributed by atoms with Gasteiger partial charge in [-0.25, -0.2) is 0 Å². The fraction of sp³-hybridized carbons (Fsp3) is 0.846. The number of primary amides is 1. The molecule has 0 spiro atoms. The van der Waals surface area contributed by atoms with Gasteiger partial charge in [0.05, 0.1) is 12.5 Å². The largest absolute Gasteiger partial charge is 0.368 e. The van der Waals surface area contributed by atoms with E-state index in [1.807, 2.05) is 13.8 Å². The number of hydrogen-bond acceptors (Lipinski definition) is 4. The zero-order valence-electron chi connectivity index (χ0n) is 12.5. The molecule has 1 atom stereocenters. The zero-order valence-corrected chi connectivity index (χ0v) is 12.5. The topological polar surface area (TPSA) is 87.5 Å². The summed E-state index contributed by atoms with van der Waals surface area (Å²) in [7, 11) is 0. The second-order valence-electron chi connectivity index (χ2n) is 4.86. The number of rotatable bonds is 10. The third-order valence-corrected chi connectivity index (χ3v) is 2.90. The molecule has 0 saturated carbocycles. The fourth-order valence-electron chi connectivity index (χ4n) is 1.78. The van der Waals surface area contributed by atoms with E-state index in [2.05, 4.69) is 29.4 Å². The summed E-state index contributed by atoms with van der Waals surface area (Å²) in [5, 5.41) is 5.80. The highest BCUT2D eigenvalue weighted by atomic mass is 16.2. The van der Waals surface area contributed by atoms with E-state index < -0.39 is 11.9 Å². The summed E-state index contributed by atoms with van der Waals surface area (Å²) in [6, 6.07) is -0.536. The van der Waals surface area contributed by atoms with Crippen molar-refractivity contribution in [3.63, 3.8) is 0 Å². The Labute approximate surface area is 116 Å². The van der Waals surface area contributed by atoms with Crippen LogP contribution in [0.3, 0.4) is 0 Å². The lowest BCUT2D eigenvalue weighted by Gasteiger charge is -2.21. The van der Waals surface area contributed by atoms with Gasteiger partial charge in [0.2, 0.25) is 11.8 Å². The van der Waals surface area contributed by atoms with E-state index in [1.165, 1.54) is 0 Å². The van der Waals surface area contributed by atoms with Crippen LogP contribution in [-0.4, -0.2) is 55.0 Å². The number of nitrogens with two attached hydrogens (primary N) is 1. The monoisotopic (exact) mass is 272 g/mol. The van der Waals surface area contributed by atoms with Crippen molar-refractivity contribution in [1.29, 1.82) is 0 Å². The van der Waals surface area contributed by atoms with Gasteiger partial charge in [0.25, 0.3) is 0 Å². The van der Waals surface area contributed by atoms with Gasteiger partial charge in [0.15, 0.2) is 0 Å². The first-order chi connectivity index (χ1) is 8.90. The summed E-state index contributed by atoms with van der Waals surface area (Å²) in [6.07, 6.45) is 0.0891. The Morgan fingerprint density at radius 1 is 1.21 bits per heavy atom. The van der Waals surface area contributed by atoms with E-state index in [4.69, 9.17) is 5.73 Å². The van der Waals surface area contributed by atoms with Crippen molar-refractivity contribution < 1.29 is 9.59 Å². The molecular weight excluding hydrogens is 244 g/mol. The minimum Gasteiger partial charge on any atom is -0.368 e. The first-order valence-corrected chi connectivity index (χ1v) is 6.95. The number of nitrogens with zero attached hydrogens (tertiary/aromatic N) is 1. The molecular formula is C13H28N4O2. The van der Waals surface area contributed by atoms with Crippen molar-refractivity contribution in [2.45, 2.75) is 46.2 Å². The van der Waals surface area contributed by atoms with Crippen LogP contribution in [-0.2, 0) is 9.59 Å². The van der Waals surface area contributed by atoms with Crippen LogP contribution < -0.4 is 16.4 Å². The molecule has 0 fully saturated rings. The van der Waals surface area contributed by atoms with Gasteiger partial charge in [-0.15, -0.1) is 0 Å². The van der Waals surface area contributed by atoms with Gasteiger partial charge in [-0.3, -0.25) is 9.59 Å². The van der Waals surface area contributed by atoms with Crippen molar-refractivity contribution in [2.24, 2.45) is 5.73 Å². The molecule has 19 heavy (non-hydrogen) atoms. The molecule has 1 unspecified atom stereocenters. The predicted octanol–water partition coefficient (Wildman–Crippen LogP) is -0.314. The predicted molar refractivity (Wildman–Crippen MR) is 76.7 cm³/mol. The SMILES string of the molecule is CCN(CC)CCNC(CC(=O)NC(C)C)C(N)=O. The number of nitrogens with one attached hydrogen (secondary N) is 2. The van der Waals surface area contributed by atoms with Crippen LogP contribution in [0.5, 0.6) is 0 Å². The van der Waals surface area contributed by atoms with Gasteiger partial charge >= 0.3 is 0 Å². The molecule has 2 amide bonds. The summed E-state index contributed by atoms with van der Waals surface area (Å²) in [4.78, 5) is 25.1. The van der Waals surface area contributed by atoms with E-state index in [1.54, 1.807) is 0 Å². The molecule has 0 aliphatic carbocycles. The Morgan fingerprint density at radius 2 is 1.79 bits per heavy atom. The Morgan fingerprint density at radius 3 is 2.21 bits per heavy atom. The molecule has 0 bridgehead atoms. The van der Waals surface area contributed by atoms with Crippen LogP contribution in [0, 0.1) is 0 Å². The standard InChI is InChI=1S/C13H28N4O2/c1-5-17(6-2)8-7-15-11(13(14)19)9-12(18)16-10(3)4/h10-11,15H,5-9H2,1-4H3,(H2,14,19)(H,16,18). The zero-order chi connectivity index (χ0) is 14.8. The Hall–Kier alpha value is -1.14. The normalized spacial score (nSPS) is 12.7. The van der Waals surface area contributed by atoms with Gasteiger partial charge < -0.3 is 21.3 Å². The van der Waals surface area contributed by atoms with Crippen molar-refractivity contribution >= 4 is 11.8 Å². The second-order valence-corrected chi connectivity index (χ2v) is 4.86. The van der Waals surface area contributed by atoms with Gasteiger partial charge in [-0.1, -0.05) is 13.8 Å². The Balaban J connectivity index is 4.13. The molecule has 0 heterocycles. The molecule has 0 aromatic heterocycles. The summed E-state index contributed by atoms with van der Waals surface area (Å²) < 4.78 is 0. The molecule has 6 heteroatoms. The van der Waals surface area contributed by atoms with Crippen LogP contribution in [0.1, 0.15) is 34.1 Å². The quantitative estimate of drug-likeness (QED) is 0.509. The van der Waals surface area contributed by atoms with Crippen LogP contribution in [0.25, 0.3) is 0 Å². The third-order valence-electron chi connectivity index (χ3n) is 2.90. The minimum absolute atomic E-state index is 0.0664. The van der Waals surface area contributed by atoms with E-state index in [9.17, 15) is 9.59 Å². The fourth-order valence-corrected chi connectivity index (χ4v) is 1.78. The van der Waals surface area contributed by atoms with Crippen LogP contribution in [0.4, 0.5) is 0 Å². The first-order valence-electron chi connectivity index (χ1n) is 6.95. The van der Waals surface area contributed by atoms with Gasteiger partial charge in [0, 0.05) is 19.1 Å². The van der Waals surface area contributed by atoms with E-state index in [0.29, 0.717) is 6.54 Å². The second kappa shape index (κ2) is 9.75. The average Bonchev–Trinajstić information content (AvgIpc) is 2.32. The Kier molecular flexibility index (Phi) is 9.16. The molecule has 0 aromatic carbocycles. The smallest absolute Gasteiger partial charge is 0.235 e. The maximum absolute atomic E-state index is 11.6. The number of likely N-dealkylation sites (N-methyl/N-ethyl adjacent to an activating group) is 1. The summed E-state index contributed by atoms with van der Waals surface area (Å²) in [5.41, 5.74) is 5.30. The lowest BCUT2D eigenvalue weighted by atomic mass is 10.1. The molecule has 0 aliphatic heterocycles. The molecule has 6 nitrogen and oxygen atoms in total. The summed E-state index contributed by atoms with van der Waals surface area (Å²) in [5.74, 6) is -0.646. The summed E-state index contributed by atoms with van der Waals surface area (Å²) >= 11 is 0. The van der Waals surface area contributed by atoms with Gasteiger partial charge in [-0.05, 0) is 26.9 Å². The van der Waals surface area contributed by atoms with Crippen molar-refractivity contribution in [1.82, 2.24) is 15.5 Å². The molecule has 0 aliphatic rings. The maximum Gasteiger partial charge on any atom is 0.235 e. The highest BCUT2D eigenvalue weighted by molar-refractivity contribution is 5.87. The molecule has 4 N–H and O–H groups in total. The van der Waals surface area contributed by atoms with Crippen molar-refractivity contribution in [2.75, 3.05) is 26.2 Å². The highest BCUT2D eigenvalue weighted by Crippen LogP contribution is 1.94. The Bertz CT molecular complexity index is 278. The molecule has 112 valence electrons.